The Labute approximate surface area is 91.9 Å². The van der Waals surface area contributed by atoms with E-state index in [1.807, 2.05) is 0 Å². The third-order valence-electron chi connectivity index (χ3n) is 3.37. The highest BCUT2D eigenvalue weighted by Gasteiger charge is 2.33. The van der Waals surface area contributed by atoms with Gasteiger partial charge in [0.1, 0.15) is 0 Å². The fraction of sp³-hybridized carbons (Fsp3) is 0.692. The molecule has 0 aromatic carbocycles. The van der Waals surface area contributed by atoms with Crippen molar-refractivity contribution in [2.75, 3.05) is 0 Å². The third-order valence-corrected chi connectivity index (χ3v) is 3.37. The summed E-state index contributed by atoms with van der Waals surface area (Å²) in [4.78, 5) is 0. The predicted octanol–water partition coefficient (Wildman–Crippen LogP) is 3.07. The molecule has 1 N–H and O–H groups in total. The minimum absolute atomic E-state index is 0.220. The molecule has 0 saturated heterocycles. The molecule has 0 bridgehead atoms. The van der Waals surface area contributed by atoms with Gasteiger partial charge in [0.2, 0.25) is 0 Å². The second-order valence-corrected chi connectivity index (χ2v) is 5.78. The molecule has 84 valence electrons. The van der Waals surface area contributed by atoms with Crippen LogP contribution in [0.5, 0.6) is 0 Å². The predicted molar refractivity (Wildman–Crippen MR) is 61.9 cm³/mol. The maximum absolute atomic E-state index is 10.1. The first kappa shape index (κ1) is 10.7. The molecule has 1 heterocycles. The lowest BCUT2D eigenvalue weighted by Gasteiger charge is -2.34. The van der Waals surface area contributed by atoms with Crippen LogP contribution in [0.3, 0.4) is 0 Å². The van der Waals surface area contributed by atoms with Crippen LogP contribution >= 0.6 is 0 Å². The number of aromatic nitrogens is 1. The molecular formula is C13H21NO. The number of aliphatic hydroxyl groups is 1. The highest BCUT2D eigenvalue weighted by Crippen LogP contribution is 2.41. The summed E-state index contributed by atoms with van der Waals surface area (Å²) in [6, 6.07) is 2.56. The molecule has 2 rings (SSSR count). The monoisotopic (exact) mass is 207 g/mol. The number of nitrogens with zero attached hydrogens (tertiary/aromatic N) is 1. The second kappa shape index (κ2) is 3.38. The summed E-state index contributed by atoms with van der Waals surface area (Å²) in [6.45, 7) is 8.84. The van der Waals surface area contributed by atoms with Gasteiger partial charge in [0.15, 0.2) is 0 Å². The highest BCUT2D eigenvalue weighted by atomic mass is 16.3. The number of aliphatic hydroxyl groups excluding tert-OH is 1. The van der Waals surface area contributed by atoms with E-state index in [0.717, 1.165) is 18.4 Å². The van der Waals surface area contributed by atoms with Crippen LogP contribution in [0.25, 0.3) is 0 Å². The Balaban J connectivity index is 2.45. The van der Waals surface area contributed by atoms with Gasteiger partial charge < -0.3 is 9.67 Å². The molecule has 0 radical (unpaired) electrons. The molecule has 1 aliphatic carbocycles. The zero-order valence-electron chi connectivity index (χ0n) is 10.1. The van der Waals surface area contributed by atoms with E-state index in [4.69, 9.17) is 0 Å². The standard InChI is InChI=1S/C13H21NO/c1-9(2)14-6-5-10-11(14)7-13(3,4)8-12(10)15/h5-6,9,12,15H,7-8H2,1-4H3. The van der Waals surface area contributed by atoms with E-state index < -0.39 is 0 Å². The van der Waals surface area contributed by atoms with Gasteiger partial charge in [0.25, 0.3) is 0 Å². The van der Waals surface area contributed by atoms with Crippen LogP contribution in [0.15, 0.2) is 12.3 Å². The van der Waals surface area contributed by atoms with Gasteiger partial charge in [-0.2, -0.15) is 0 Å². The minimum atomic E-state index is -0.274. The van der Waals surface area contributed by atoms with E-state index in [0.29, 0.717) is 6.04 Å². The molecule has 1 aromatic heterocycles. The van der Waals surface area contributed by atoms with Gasteiger partial charge >= 0.3 is 0 Å². The fourth-order valence-electron chi connectivity index (χ4n) is 2.64. The van der Waals surface area contributed by atoms with Crippen molar-refractivity contribution >= 4 is 0 Å². The van der Waals surface area contributed by atoms with Gasteiger partial charge in [-0.05, 0) is 38.2 Å². The number of hydrogen-bond acceptors (Lipinski definition) is 1. The quantitative estimate of drug-likeness (QED) is 0.752. The van der Waals surface area contributed by atoms with Crippen molar-refractivity contribution in [1.82, 2.24) is 4.57 Å². The molecule has 0 amide bonds. The Morgan fingerprint density at radius 2 is 2.13 bits per heavy atom. The lowest BCUT2D eigenvalue weighted by atomic mass is 9.75. The van der Waals surface area contributed by atoms with E-state index in [9.17, 15) is 5.11 Å². The first-order chi connectivity index (χ1) is 6.91. The summed E-state index contributed by atoms with van der Waals surface area (Å²) >= 11 is 0. The Morgan fingerprint density at radius 3 is 2.73 bits per heavy atom. The topological polar surface area (TPSA) is 25.2 Å². The van der Waals surface area contributed by atoms with Crippen LogP contribution in [-0.4, -0.2) is 9.67 Å². The zero-order valence-corrected chi connectivity index (χ0v) is 10.1. The van der Waals surface area contributed by atoms with Gasteiger partial charge in [0, 0.05) is 23.5 Å². The molecule has 1 aliphatic rings. The number of rotatable bonds is 1. The van der Waals surface area contributed by atoms with Crippen molar-refractivity contribution in [3.63, 3.8) is 0 Å². The minimum Gasteiger partial charge on any atom is -0.388 e. The van der Waals surface area contributed by atoms with E-state index in [1.54, 1.807) is 0 Å². The Hall–Kier alpha value is -0.760. The van der Waals surface area contributed by atoms with Crippen LogP contribution in [0.1, 0.15) is 57.5 Å². The smallest absolute Gasteiger partial charge is 0.0812 e. The summed E-state index contributed by atoms with van der Waals surface area (Å²) in [5, 5.41) is 10.1. The summed E-state index contributed by atoms with van der Waals surface area (Å²) < 4.78 is 2.29. The van der Waals surface area contributed by atoms with Crippen molar-refractivity contribution in [3.8, 4) is 0 Å². The average molecular weight is 207 g/mol. The van der Waals surface area contributed by atoms with Crippen LogP contribution in [0.4, 0.5) is 0 Å². The first-order valence-electron chi connectivity index (χ1n) is 5.78. The van der Waals surface area contributed by atoms with E-state index in [-0.39, 0.29) is 11.5 Å². The van der Waals surface area contributed by atoms with Crippen LogP contribution in [-0.2, 0) is 6.42 Å². The van der Waals surface area contributed by atoms with Crippen LogP contribution in [0.2, 0.25) is 0 Å². The molecule has 0 fully saturated rings. The number of fused-ring (bicyclic) bond motifs is 1. The molecular weight excluding hydrogens is 186 g/mol. The lowest BCUT2D eigenvalue weighted by Crippen LogP contribution is -2.27. The summed E-state index contributed by atoms with van der Waals surface area (Å²) in [5.41, 5.74) is 2.69. The average Bonchev–Trinajstić information content (AvgIpc) is 2.45. The summed E-state index contributed by atoms with van der Waals surface area (Å²) in [5.74, 6) is 0. The molecule has 1 aromatic rings. The van der Waals surface area contributed by atoms with Gasteiger partial charge in [-0.25, -0.2) is 0 Å². The highest BCUT2D eigenvalue weighted by molar-refractivity contribution is 5.29. The van der Waals surface area contributed by atoms with E-state index >= 15 is 0 Å². The van der Waals surface area contributed by atoms with E-state index in [2.05, 4.69) is 44.5 Å². The van der Waals surface area contributed by atoms with Crippen molar-refractivity contribution in [1.29, 1.82) is 0 Å². The van der Waals surface area contributed by atoms with Crippen molar-refractivity contribution in [2.45, 2.75) is 52.7 Å². The lowest BCUT2D eigenvalue weighted by molar-refractivity contribution is 0.0976. The van der Waals surface area contributed by atoms with Gasteiger partial charge in [-0.3, -0.25) is 0 Å². The van der Waals surface area contributed by atoms with Crippen molar-refractivity contribution < 1.29 is 5.11 Å². The zero-order chi connectivity index (χ0) is 11.2. The summed E-state index contributed by atoms with van der Waals surface area (Å²) in [7, 11) is 0. The van der Waals surface area contributed by atoms with Gasteiger partial charge in [-0.1, -0.05) is 13.8 Å². The molecule has 2 nitrogen and oxygen atoms in total. The Bertz CT molecular complexity index is 349. The Kier molecular flexibility index (Phi) is 2.42. The van der Waals surface area contributed by atoms with Gasteiger partial charge in [-0.15, -0.1) is 0 Å². The van der Waals surface area contributed by atoms with Crippen LogP contribution < -0.4 is 0 Å². The van der Waals surface area contributed by atoms with E-state index in [1.165, 1.54) is 5.69 Å². The maximum Gasteiger partial charge on any atom is 0.0812 e. The first-order valence-corrected chi connectivity index (χ1v) is 5.78. The SMILES string of the molecule is CC(C)n1ccc2c1CC(C)(C)CC2O. The second-order valence-electron chi connectivity index (χ2n) is 5.78. The molecule has 2 heteroatoms. The largest absolute Gasteiger partial charge is 0.388 e. The molecule has 0 spiro atoms. The summed E-state index contributed by atoms with van der Waals surface area (Å²) in [6.07, 6.45) is 3.79. The maximum atomic E-state index is 10.1. The molecule has 15 heavy (non-hydrogen) atoms. The van der Waals surface area contributed by atoms with Crippen LogP contribution in [0, 0.1) is 5.41 Å². The van der Waals surface area contributed by atoms with Gasteiger partial charge in [0.05, 0.1) is 6.10 Å². The van der Waals surface area contributed by atoms with Crippen molar-refractivity contribution in [3.05, 3.63) is 23.5 Å². The fourth-order valence-corrected chi connectivity index (χ4v) is 2.64. The number of hydrogen-bond donors (Lipinski definition) is 1. The molecule has 1 unspecified atom stereocenters. The molecule has 1 atom stereocenters. The van der Waals surface area contributed by atoms with Crippen molar-refractivity contribution in [2.24, 2.45) is 5.41 Å². The Morgan fingerprint density at radius 1 is 1.47 bits per heavy atom. The molecule has 0 saturated carbocycles. The normalized spacial score (nSPS) is 24.3. The molecule has 0 aliphatic heterocycles. The third kappa shape index (κ3) is 1.83.